The fraction of sp³-hybridized carbons (Fsp3) is 0.429. The van der Waals surface area contributed by atoms with Crippen LogP contribution >= 0.6 is 0 Å². The van der Waals surface area contributed by atoms with Gasteiger partial charge in [-0.1, -0.05) is 0 Å². The molecular formula is C14H17FN2O4. The summed E-state index contributed by atoms with van der Waals surface area (Å²) in [6, 6.07) is 3.84. The van der Waals surface area contributed by atoms with Crippen molar-refractivity contribution in [1.29, 1.82) is 0 Å². The van der Waals surface area contributed by atoms with Crippen molar-refractivity contribution >= 4 is 12.0 Å². The Balaban J connectivity index is 1.98. The molecule has 0 radical (unpaired) electrons. The number of carbonyl (C=O) groups is 2. The first-order valence-electron chi connectivity index (χ1n) is 6.52. The molecule has 7 heteroatoms. The zero-order valence-corrected chi connectivity index (χ0v) is 11.9. The number of ether oxygens (including phenoxy) is 2. The molecule has 1 fully saturated rings. The topological polar surface area (TPSA) is 67.9 Å². The zero-order chi connectivity index (χ0) is 15.4. The maximum Gasteiger partial charge on any atom is 0.409 e. The molecular weight excluding hydrogens is 279 g/mol. The van der Waals surface area contributed by atoms with Gasteiger partial charge in [0.15, 0.2) is 0 Å². The van der Waals surface area contributed by atoms with Gasteiger partial charge in [0.25, 0.3) is 5.91 Å². The highest BCUT2D eigenvalue weighted by Crippen LogP contribution is 2.17. The van der Waals surface area contributed by atoms with Crippen molar-refractivity contribution in [3.63, 3.8) is 0 Å². The van der Waals surface area contributed by atoms with Crippen LogP contribution in [0.25, 0.3) is 0 Å². The molecule has 2 amide bonds. The van der Waals surface area contributed by atoms with Crippen LogP contribution in [-0.2, 0) is 4.74 Å². The van der Waals surface area contributed by atoms with Gasteiger partial charge >= 0.3 is 6.09 Å². The van der Waals surface area contributed by atoms with E-state index in [0.29, 0.717) is 25.3 Å². The highest BCUT2D eigenvalue weighted by Gasteiger charge is 2.28. The van der Waals surface area contributed by atoms with Crippen molar-refractivity contribution < 1.29 is 23.5 Å². The molecule has 1 aliphatic heterocycles. The normalized spacial score (nSPS) is 17.5. The highest BCUT2D eigenvalue weighted by molar-refractivity contribution is 5.94. The maximum absolute atomic E-state index is 13.8. The van der Waals surface area contributed by atoms with Crippen LogP contribution in [0.5, 0.6) is 5.75 Å². The van der Waals surface area contributed by atoms with Crippen LogP contribution in [0.15, 0.2) is 18.2 Å². The molecule has 0 spiro atoms. The largest absolute Gasteiger partial charge is 0.497 e. The van der Waals surface area contributed by atoms with E-state index < -0.39 is 17.8 Å². The van der Waals surface area contributed by atoms with Crippen molar-refractivity contribution in [2.75, 3.05) is 27.3 Å². The Hall–Kier alpha value is -2.31. The smallest absolute Gasteiger partial charge is 0.409 e. The average Bonchev–Trinajstić information content (AvgIpc) is 2.94. The number of amides is 2. The van der Waals surface area contributed by atoms with Crippen molar-refractivity contribution in [3.05, 3.63) is 29.6 Å². The molecule has 1 saturated heterocycles. The summed E-state index contributed by atoms with van der Waals surface area (Å²) in [6.07, 6.45) is 0.181. The van der Waals surface area contributed by atoms with Crippen molar-refractivity contribution in [1.82, 2.24) is 10.2 Å². The number of rotatable bonds is 3. The summed E-state index contributed by atoms with van der Waals surface area (Å²) >= 11 is 0. The number of nitrogens with zero attached hydrogens (tertiary/aromatic N) is 1. The predicted octanol–water partition coefficient (Wildman–Crippen LogP) is 1.40. The second-order valence-electron chi connectivity index (χ2n) is 4.72. The molecule has 1 heterocycles. The van der Waals surface area contributed by atoms with E-state index in [2.05, 4.69) is 10.1 Å². The number of hydrogen-bond acceptors (Lipinski definition) is 4. The van der Waals surface area contributed by atoms with Gasteiger partial charge in [-0.2, -0.15) is 0 Å². The Morgan fingerprint density at radius 2 is 2.14 bits per heavy atom. The van der Waals surface area contributed by atoms with E-state index in [-0.39, 0.29) is 11.6 Å². The molecule has 1 N–H and O–H groups in total. The summed E-state index contributed by atoms with van der Waals surface area (Å²) in [5.41, 5.74) is -0.0488. The molecule has 1 aromatic carbocycles. The van der Waals surface area contributed by atoms with E-state index in [1.54, 1.807) is 0 Å². The van der Waals surface area contributed by atoms with Gasteiger partial charge in [0.1, 0.15) is 11.6 Å². The van der Waals surface area contributed by atoms with Gasteiger partial charge in [0.2, 0.25) is 0 Å². The Morgan fingerprint density at radius 3 is 2.76 bits per heavy atom. The summed E-state index contributed by atoms with van der Waals surface area (Å²) < 4.78 is 23.3. The van der Waals surface area contributed by atoms with Crippen LogP contribution in [0.4, 0.5) is 9.18 Å². The van der Waals surface area contributed by atoms with Crippen molar-refractivity contribution in [2.45, 2.75) is 12.5 Å². The van der Waals surface area contributed by atoms with Gasteiger partial charge in [-0.05, 0) is 18.6 Å². The number of likely N-dealkylation sites (tertiary alicyclic amines) is 1. The Bertz CT molecular complexity index is 550. The minimum atomic E-state index is -0.644. The molecule has 0 saturated carbocycles. The first-order chi connectivity index (χ1) is 10.0. The highest BCUT2D eigenvalue weighted by atomic mass is 19.1. The quantitative estimate of drug-likeness (QED) is 0.915. The number of methoxy groups -OCH3 is 2. The number of halogens is 1. The van der Waals surface area contributed by atoms with E-state index in [0.717, 1.165) is 6.07 Å². The summed E-state index contributed by atoms with van der Waals surface area (Å²) in [7, 11) is 2.73. The second kappa shape index (κ2) is 6.43. The molecule has 6 nitrogen and oxygen atoms in total. The lowest BCUT2D eigenvalue weighted by molar-refractivity contribution is 0.0930. The SMILES string of the molecule is COC(=O)N1CC[C@@H](NC(=O)c2ccc(OC)cc2F)C1. The minimum Gasteiger partial charge on any atom is -0.497 e. The standard InChI is InChI=1S/C14H17FN2O4/c1-20-10-3-4-11(12(15)7-10)13(18)16-9-5-6-17(8-9)14(19)21-2/h3-4,7,9H,5-6,8H2,1-2H3,(H,16,18)/t9-/m1/s1. The van der Waals surface area contributed by atoms with Gasteiger partial charge in [-0.15, -0.1) is 0 Å². The number of carbonyl (C=O) groups excluding carboxylic acids is 2. The minimum absolute atomic E-state index is 0.0488. The van der Waals surface area contributed by atoms with E-state index >= 15 is 0 Å². The van der Waals surface area contributed by atoms with Crippen LogP contribution in [0.1, 0.15) is 16.8 Å². The average molecular weight is 296 g/mol. The Kier molecular flexibility index (Phi) is 4.62. The molecule has 0 aliphatic carbocycles. The fourth-order valence-corrected chi connectivity index (χ4v) is 2.24. The van der Waals surface area contributed by atoms with Gasteiger partial charge < -0.3 is 19.7 Å². The summed E-state index contributed by atoms with van der Waals surface area (Å²) in [6.45, 7) is 0.860. The zero-order valence-electron chi connectivity index (χ0n) is 11.9. The number of nitrogens with one attached hydrogen (secondary N) is 1. The summed E-state index contributed by atoms with van der Waals surface area (Å²) in [4.78, 5) is 24.9. The first kappa shape index (κ1) is 15.1. The fourth-order valence-electron chi connectivity index (χ4n) is 2.24. The van der Waals surface area contributed by atoms with Crippen molar-refractivity contribution in [3.8, 4) is 5.75 Å². The molecule has 2 rings (SSSR count). The molecule has 21 heavy (non-hydrogen) atoms. The van der Waals surface area contributed by atoms with Gasteiger partial charge in [0.05, 0.1) is 19.8 Å². The predicted molar refractivity (Wildman–Crippen MR) is 72.8 cm³/mol. The third-order valence-corrected chi connectivity index (χ3v) is 3.38. The Labute approximate surface area is 121 Å². The van der Waals surface area contributed by atoms with Gasteiger partial charge in [0, 0.05) is 25.2 Å². The lowest BCUT2D eigenvalue weighted by Crippen LogP contribution is -2.38. The molecule has 0 aromatic heterocycles. The molecule has 1 aliphatic rings. The van der Waals surface area contributed by atoms with Crippen LogP contribution in [0.3, 0.4) is 0 Å². The lowest BCUT2D eigenvalue weighted by atomic mass is 10.1. The molecule has 0 unspecified atom stereocenters. The summed E-state index contributed by atoms with van der Waals surface area (Å²) in [5.74, 6) is -0.802. The first-order valence-corrected chi connectivity index (χ1v) is 6.52. The molecule has 1 aromatic rings. The van der Waals surface area contributed by atoms with Crippen LogP contribution < -0.4 is 10.1 Å². The van der Waals surface area contributed by atoms with Crippen LogP contribution in [0, 0.1) is 5.82 Å². The van der Waals surface area contributed by atoms with E-state index in [9.17, 15) is 14.0 Å². The van der Waals surface area contributed by atoms with Crippen molar-refractivity contribution in [2.24, 2.45) is 0 Å². The van der Waals surface area contributed by atoms with Gasteiger partial charge in [-0.25, -0.2) is 9.18 Å². The van der Waals surface area contributed by atoms with Crippen LogP contribution in [0.2, 0.25) is 0 Å². The third kappa shape index (κ3) is 3.42. The molecule has 114 valence electrons. The summed E-state index contributed by atoms with van der Waals surface area (Å²) in [5, 5.41) is 2.71. The number of hydrogen-bond donors (Lipinski definition) is 1. The third-order valence-electron chi connectivity index (χ3n) is 3.38. The maximum atomic E-state index is 13.8. The van der Waals surface area contributed by atoms with Crippen LogP contribution in [-0.4, -0.2) is 50.3 Å². The molecule has 0 bridgehead atoms. The van der Waals surface area contributed by atoms with E-state index in [4.69, 9.17) is 4.74 Å². The lowest BCUT2D eigenvalue weighted by Gasteiger charge is -2.15. The number of benzene rings is 1. The molecule has 1 atom stereocenters. The second-order valence-corrected chi connectivity index (χ2v) is 4.72. The van der Waals surface area contributed by atoms with Gasteiger partial charge in [-0.3, -0.25) is 4.79 Å². The Morgan fingerprint density at radius 1 is 1.38 bits per heavy atom. The van der Waals surface area contributed by atoms with E-state index in [1.165, 1.54) is 31.3 Å². The van der Waals surface area contributed by atoms with E-state index in [1.807, 2.05) is 0 Å². The monoisotopic (exact) mass is 296 g/mol.